The van der Waals surface area contributed by atoms with Gasteiger partial charge in [-0.05, 0) is 35.4 Å². The summed E-state index contributed by atoms with van der Waals surface area (Å²) in [7, 11) is 0. The minimum Gasteiger partial charge on any atom is -0.223 e. The third kappa shape index (κ3) is 4.28. The van der Waals surface area contributed by atoms with Gasteiger partial charge in [0, 0.05) is 5.02 Å². The van der Waals surface area contributed by atoms with E-state index >= 15 is 0 Å². The molecule has 0 amide bonds. The fourth-order valence-corrected chi connectivity index (χ4v) is 2.49. The number of hydrogen-bond donors (Lipinski definition) is 0. The van der Waals surface area contributed by atoms with Gasteiger partial charge in [-0.2, -0.15) is 18.3 Å². The first-order valence-electron chi connectivity index (χ1n) is 7.39. The average molecular weight is 364 g/mol. The highest BCUT2D eigenvalue weighted by Crippen LogP contribution is 2.36. The van der Waals surface area contributed by atoms with E-state index in [0.717, 1.165) is 11.8 Å². The van der Waals surface area contributed by atoms with Crippen LogP contribution in [0.15, 0.2) is 67.3 Å². The molecule has 3 rings (SSSR count). The van der Waals surface area contributed by atoms with E-state index in [1.165, 1.54) is 36.7 Å². The van der Waals surface area contributed by atoms with E-state index in [1.54, 1.807) is 35.3 Å². The van der Waals surface area contributed by atoms with Gasteiger partial charge in [0.25, 0.3) is 0 Å². The van der Waals surface area contributed by atoms with Gasteiger partial charge in [-0.1, -0.05) is 48.0 Å². The van der Waals surface area contributed by atoms with Crippen molar-refractivity contribution in [3.05, 3.63) is 83.4 Å². The van der Waals surface area contributed by atoms with Gasteiger partial charge in [-0.3, -0.25) is 0 Å². The molecule has 0 aliphatic rings. The van der Waals surface area contributed by atoms with Crippen molar-refractivity contribution < 1.29 is 13.2 Å². The Hall–Kier alpha value is -2.60. The molecule has 1 aromatic heterocycles. The summed E-state index contributed by atoms with van der Waals surface area (Å²) in [4.78, 5) is 3.85. The van der Waals surface area contributed by atoms with Crippen molar-refractivity contribution in [2.24, 2.45) is 0 Å². The number of alkyl halides is 3. The van der Waals surface area contributed by atoms with Crippen LogP contribution < -0.4 is 0 Å². The van der Waals surface area contributed by atoms with Crippen LogP contribution in [0.25, 0.3) is 11.8 Å². The van der Waals surface area contributed by atoms with Crippen LogP contribution in [0.2, 0.25) is 5.02 Å². The van der Waals surface area contributed by atoms with Gasteiger partial charge in [-0.15, -0.1) is 0 Å². The largest absolute Gasteiger partial charge is 0.399 e. The van der Waals surface area contributed by atoms with E-state index in [0.29, 0.717) is 10.6 Å². The summed E-state index contributed by atoms with van der Waals surface area (Å²) < 4.78 is 41.6. The molecular weight excluding hydrogens is 351 g/mol. The SMILES string of the molecule is FC(F)(F)C(C=Cc1ccc(-n2cncn2)cc1)c1ccc(Cl)cc1. The maximum Gasteiger partial charge on any atom is 0.399 e. The molecule has 0 aliphatic heterocycles. The van der Waals surface area contributed by atoms with Gasteiger partial charge in [0.1, 0.15) is 12.7 Å². The highest BCUT2D eigenvalue weighted by atomic mass is 35.5. The fraction of sp³-hybridized carbons (Fsp3) is 0.111. The Kier molecular flexibility index (Phi) is 4.90. The lowest BCUT2D eigenvalue weighted by Gasteiger charge is -2.17. The number of benzene rings is 2. The van der Waals surface area contributed by atoms with Crippen molar-refractivity contribution in [2.75, 3.05) is 0 Å². The van der Waals surface area contributed by atoms with Gasteiger partial charge in [0.2, 0.25) is 0 Å². The summed E-state index contributed by atoms with van der Waals surface area (Å²) in [6, 6.07) is 12.7. The molecule has 3 nitrogen and oxygen atoms in total. The molecule has 7 heteroatoms. The van der Waals surface area contributed by atoms with Crippen molar-refractivity contribution in [1.82, 2.24) is 14.8 Å². The topological polar surface area (TPSA) is 30.7 Å². The Labute approximate surface area is 147 Å². The van der Waals surface area contributed by atoms with Crippen LogP contribution in [0.4, 0.5) is 13.2 Å². The second-order valence-corrected chi connectivity index (χ2v) is 5.80. The van der Waals surface area contributed by atoms with Gasteiger partial charge in [-0.25, -0.2) is 9.67 Å². The summed E-state index contributed by atoms with van der Waals surface area (Å²) in [6.45, 7) is 0. The molecule has 128 valence electrons. The molecule has 1 unspecified atom stereocenters. The van der Waals surface area contributed by atoms with Crippen molar-refractivity contribution in [3.63, 3.8) is 0 Å². The maximum absolute atomic E-state index is 13.4. The van der Waals surface area contributed by atoms with Crippen molar-refractivity contribution in [2.45, 2.75) is 12.1 Å². The van der Waals surface area contributed by atoms with Crippen LogP contribution in [-0.2, 0) is 0 Å². The standard InChI is InChI=1S/C18H13ClF3N3/c19-15-6-4-14(5-7-15)17(18(20,21)22)10-3-13-1-8-16(9-2-13)25-12-23-11-24-25/h1-12,17H. The summed E-state index contributed by atoms with van der Waals surface area (Å²) in [5, 5.41) is 4.40. The number of halogens is 4. The summed E-state index contributed by atoms with van der Waals surface area (Å²) in [5.74, 6) is -1.69. The Balaban J connectivity index is 1.83. The van der Waals surface area contributed by atoms with Gasteiger partial charge >= 0.3 is 6.18 Å². The minimum atomic E-state index is -4.38. The van der Waals surface area contributed by atoms with Crippen molar-refractivity contribution in [3.8, 4) is 5.69 Å². The number of hydrogen-bond acceptors (Lipinski definition) is 2. The molecule has 0 saturated carbocycles. The zero-order valence-corrected chi connectivity index (χ0v) is 13.6. The highest BCUT2D eigenvalue weighted by Gasteiger charge is 2.38. The monoisotopic (exact) mass is 363 g/mol. The quantitative estimate of drug-likeness (QED) is 0.631. The first-order valence-corrected chi connectivity index (χ1v) is 7.77. The average Bonchev–Trinajstić information content (AvgIpc) is 3.11. The Morgan fingerprint density at radius 2 is 1.68 bits per heavy atom. The Bertz CT molecular complexity index is 839. The van der Waals surface area contributed by atoms with Crippen molar-refractivity contribution >= 4 is 17.7 Å². The molecule has 0 saturated heterocycles. The van der Waals surface area contributed by atoms with E-state index in [4.69, 9.17) is 11.6 Å². The van der Waals surface area contributed by atoms with Crippen LogP contribution in [-0.4, -0.2) is 20.9 Å². The van der Waals surface area contributed by atoms with Crippen LogP contribution in [0.3, 0.4) is 0 Å². The Morgan fingerprint density at radius 1 is 1.00 bits per heavy atom. The molecular formula is C18H13ClF3N3. The molecule has 0 radical (unpaired) electrons. The molecule has 1 atom stereocenters. The zero-order valence-electron chi connectivity index (χ0n) is 12.9. The highest BCUT2D eigenvalue weighted by molar-refractivity contribution is 6.30. The van der Waals surface area contributed by atoms with E-state index < -0.39 is 12.1 Å². The minimum absolute atomic E-state index is 0.146. The lowest BCUT2D eigenvalue weighted by Crippen LogP contribution is -2.18. The molecule has 25 heavy (non-hydrogen) atoms. The van der Waals surface area contributed by atoms with E-state index in [-0.39, 0.29) is 5.56 Å². The number of rotatable bonds is 4. The first kappa shape index (κ1) is 17.2. The third-order valence-corrected chi connectivity index (χ3v) is 3.89. The number of aromatic nitrogens is 3. The number of nitrogens with zero attached hydrogens (tertiary/aromatic N) is 3. The fourth-order valence-electron chi connectivity index (χ4n) is 2.37. The first-order chi connectivity index (χ1) is 11.9. The zero-order chi connectivity index (χ0) is 17.9. The smallest absolute Gasteiger partial charge is 0.223 e. The molecule has 0 bridgehead atoms. The predicted octanol–water partition coefficient (Wildman–Crippen LogP) is 5.28. The van der Waals surface area contributed by atoms with Crippen LogP contribution in [0.5, 0.6) is 0 Å². The molecule has 1 heterocycles. The molecule has 2 aromatic carbocycles. The lowest BCUT2D eigenvalue weighted by molar-refractivity contribution is -0.139. The number of allylic oxidation sites excluding steroid dienone is 1. The van der Waals surface area contributed by atoms with Crippen molar-refractivity contribution in [1.29, 1.82) is 0 Å². The molecule has 0 spiro atoms. The van der Waals surface area contributed by atoms with E-state index in [9.17, 15) is 13.2 Å². The van der Waals surface area contributed by atoms with E-state index in [2.05, 4.69) is 10.1 Å². The molecule has 3 aromatic rings. The second-order valence-electron chi connectivity index (χ2n) is 5.36. The maximum atomic E-state index is 13.4. The summed E-state index contributed by atoms with van der Waals surface area (Å²) in [6.07, 6.45) is 1.18. The summed E-state index contributed by atoms with van der Waals surface area (Å²) in [5.41, 5.74) is 1.58. The summed E-state index contributed by atoms with van der Waals surface area (Å²) >= 11 is 5.75. The lowest BCUT2D eigenvalue weighted by atomic mass is 9.97. The second kappa shape index (κ2) is 7.11. The van der Waals surface area contributed by atoms with Crippen LogP contribution >= 0.6 is 11.6 Å². The third-order valence-electron chi connectivity index (χ3n) is 3.64. The van der Waals surface area contributed by atoms with E-state index in [1.807, 2.05) is 0 Å². The molecule has 0 fully saturated rings. The Morgan fingerprint density at radius 3 is 2.24 bits per heavy atom. The molecule has 0 aliphatic carbocycles. The molecule has 0 N–H and O–H groups in total. The van der Waals surface area contributed by atoms with Crippen LogP contribution in [0.1, 0.15) is 17.0 Å². The van der Waals surface area contributed by atoms with Gasteiger partial charge in [0.15, 0.2) is 0 Å². The van der Waals surface area contributed by atoms with Crippen LogP contribution in [0, 0.1) is 0 Å². The van der Waals surface area contributed by atoms with Gasteiger partial charge in [0.05, 0.1) is 11.6 Å². The predicted molar refractivity (Wildman–Crippen MR) is 90.6 cm³/mol. The van der Waals surface area contributed by atoms with Gasteiger partial charge < -0.3 is 0 Å². The normalized spacial score (nSPS) is 13.3.